The Morgan fingerprint density at radius 1 is 1.14 bits per heavy atom. The lowest BCUT2D eigenvalue weighted by Crippen LogP contribution is -2.13. The first-order chi connectivity index (χ1) is 10.9. The number of hydrogen-bond acceptors (Lipinski definition) is 5. The van der Waals surface area contributed by atoms with Crippen LogP contribution in [0.5, 0.6) is 0 Å². The molecule has 1 aliphatic rings. The monoisotopic (exact) mass is 298 g/mol. The maximum atomic E-state index is 8.76. The number of unbranched alkanes of at least 4 members (excludes halogenated alkanes) is 2. The number of aliphatic hydroxyl groups excluding tert-OH is 1. The molecular formula is C17H22N4O. The third kappa shape index (κ3) is 3.36. The fraction of sp³-hybridized carbons (Fsp3) is 0.412. The fourth-order valence-corrected chi connectivity index (χ4v) is 2.73. The van der Waals surface area contributed by atoms with Gasteiger partial charge in [0.15, 0.2) is 0 Å². The number of fused-ring (bicyclic) bond motifs is 1. The van der Waals surface area contributed by atoms with Gasteiger partial charge in [-0.15, -0.1) is 0 Å². The summed E-state index contributed by atoms with van der Waals surface area (Å²) in [4.78, 5) is 11.3. The van der Waals surface area contributed by atoms with E-state index in [0.29, 0.717) is 5.95 Å². The molecule has 22 heavy (non-hydrogen) atoms. The number of aromatic nitrogens is 2. The van der Waals surface area contributed by atoms with Gasteiger partial charge in [0.1, 0.15) is 0 Å². The van der Waals surface area contributed by atoms with E-state index in [1.807, 2.05) is 12.3 Å². The normalized spacial score (nSPS) is 13.2. The van der Waals surface area contributed by atoms with Gasteiger partial charge in [0.2, 0.25) is 5.95 Å². The molecule has 116 valence electrons. The van der Waals surface area contributed by atoms with Crippen molar-refractivity contribution in [1.29, 1.82) is 0 Å². The molecule has 0 fully saturated rings. The zero-order valence-electron chi connectivity index (χ0n) is 12.7. The molecule has 2 aromatic rings. The summed E-state index contributed by atoms with van der Waals surface area (Å²) in [5.41, 5.74) is 3.41. The van der Waals surface area contributed by atoms with Crippen molar-refractivity contribution in [3.8, 4) is 0 Å². The number of nitrogens with one attached hydrogen (secondary N) is 1. The number of benzene rings is 1. The van der Waals surface area contributed by atoms with E-state index in [0.717, 1.165) is 50.2 Å². The van der Waals surface area contributed by atoms with Crippen molar-refractivity contribution in [2.75, 3.05) is 29.9 Å². The standard InChI is InChI=1S/C17H22N4O/c22-12-6-2-5-10-18-17-19-13-16-15(20-17)9-11-21(16)14-7-3-1-4-8-14/h1,3-4,7-8,13,22H,2,5-6,9-12H2,(H,18,19,20). The lowest BCUT2D eigenvalue weighted by atomic mass is 10.2. The van der Waals surface area contributed by atoms with Gasteiger partial charge in [-0.25, -0.2) is 9.97 Å². The predicted octanol–water partition coefficient (Wildman–Crippen LogP) is 2.75. The predicted molar refractivity (Wildman–Crippen MR) is 88.6 cm³/mol. The Bertz CT molecular complexity index is 603. The maximum absolute atomic E-state index is 8.76. The summed E-state index contributed by atoms with van der Waals surface area (Å²) in [6.07, 6.45) is 5.77. The lowest BCUT2D eigenvalue weighted by molar-refractivity contribution is 0.283. The second-order valence-corrected chi connectivity index (χ2v) is 5.47. The zero-order valence-corrected chi connectivity index (χ0v) is 12.7. The van der Waals surface area contributed by atoms with Gasteiger partial charge in [-0.3, -0.25) is 0 Å². The molecular weight excluding hydrogens is 276 g/mol. The van der Waals surface area contributed by atoms with Crippen LogP contribution in [0, 0.1) is 0 Å². The van der Waals surface area contributed by atoms with Crippen molar-refractivity contribution in [3.63, 3.8) is 0 Å². The van der Waals surface area contributed by atoms with Gasteiger partial charge in [-0.05, 0) is 31.4 Å². The summed E-state index contributed by atoms with van der Waals surface area (Å²) in [5.74, 6) is 0.706. The van der Waals surface area contributed by atoms with Crippen LogP contribution in [0.2, 0.25) is 0 Å². The molecule has 0 aliphatic carbocycles. The molecule has 1 aromatic heterocycles. The Morgan fingerprint density at radius 2 is 2.00 bits per heavy atom. The Kier molecular flexibility index (Phi) is 4.85. The number of anilines is 3. The van der Waals surface area contributed by atoms with Crippen LogP contribution in [-0.2, 0) is 6.42 Å². The van der Waals surface area contributed by atoms with E-state index in [1.54, 1.807) is 0 Å². The molecule has 0 spiro atoms. The van der Waals surface area contributed by atoms with Crippen molar-refractivity contribution >= 4 is 17.3 Å². The molecule has 0 saturated heterocycles. The minimum atomic E-state index is 0.269. The molecule has 0 unspecified atom stereocenters. The Labute approximate surface area is 131 Å². The smallest absolute Gasteiger partial charge is 0.222 e. The molecule has 0 radical (unpaired) electrons. The first-order valence-corrected chi connectivity index (χ1v) is 7.92. The van der Waals surface area contributed by atoms with Crippen LogP contribution < -0.4 is 10.2 Å². The average molecular weight is 298 g/mol. The van der Waals surface area contributed by atoms with E-state index in [4.69, 9.17) is 5.11 Å². The molecule has 0 atom stereocenters. The Morgan fingerprint density at radius 3 is 2.82 bits per heavy atom. The van der Waals surface area contributed by atoms with E-state index in [9.17, 15) is 0 Å². The minimum Gasteiger partial charge on any atom is -0.396 e. The molecule has 1 aromatic carbocycles. The van der Waals surface area contributed by atoms with Crippen LogP contribution in [0.4, 0.5) is 17.3 Å². The van der Waals surface area contributed by atoms with Gasteiger partial charge < -0.3 is 15.3 Å². The third-order valence-electron chi connectivity index (χ3n) is 3.89. The zero-order chi connectivity index (χ0) is 15.2. The van der Waals surface area contributed by atoms with Crippen molar-refractivity contribution in [2.24, 2.45) is 0 Å². The van der Waals surface area contributed by atoms with Crippen molar-refractivity contribution in [1.82, 2.24) is 9.97 Å². The van der Waals surface area contributed by atoms with Gasteiger partial charge >= 0.3 is 0 Å². The number of rotatable bonds is 7. The highest BCUT2D eigenvalue weighted by Crippen LogP contribution is 2.32. The maximum Gasteiger partial charge on any atom is 0.222 e. The van der Waals surface area contributed by atoms with Crippen LogP contribution >= 0.6 is 0 Å². The molecule has 5 heteroatoms. The molecule has 2 heterocycles. The van der Waals surface area contributed by atoms with E-state index < -0.39 is 0 Å². The molecule has 1 aliphatic heterocycles. The highest BCUT2D eigenvalue weighted by atomic mass is 16.2. The summed E-state index contributed by atoms with van der Waals surface area (Å²) < 4.78 is 0. The van der Waals surface area contributed by atoms with Crippen molar-refractivity contribution in [2.45, 2.75) is 25.7 Å². The largest absolute Gasteiger partial charge is 0.396 e. The summed E-state index contributed by atoms with van der Waals surface area (Å²) >= 11 is 0. The quantitative estimate of drug-likeness (QED) is 0.770. The topological polar surface area (TPSA) is 61.3 Å². The molecule has 2 N–H and O–H groups in total. The van der Waals surface area contributed by atoms with Gasteiger partial charge in [-0.2, -0.15) is 0 Å². The minimum absolute atomic E-state index is 0.269. The van der Waals surface area contributed by atoms with E-state index in [2.05, 4.69) is 44.5 Å². The van der Waals surface area contributed by atoms with Crippen LogP contribution in [0.25, 0.3) is 0 Å². The van der Waals surface area contributed by atoms with E-state index >= 15 is 0 Å². The molecule has 5 nitrogen and oxygen atoms in total. The molecule has 0 bridgehead atoms. The summed E-state index contributed by atoms with van der Waals surface area (Å²) in [6.45, 7) is 2.07. The van der Waals surface area contributed by atoms with Crippen LogP contribution in [0.15, 0.2) is 36.5 Å². The summed E-state index contributed by atoms with van der Waals surface area (Å²) in [6, 6.07) is 10.4. The second-order valence-electron chi connectivity index (χ2n) is 5.47. The third-order valence-corrected chi connectivity index (χ3v) is 3.89. The first-order valence-electron chi connectivity index (χ1n) is 7.92. The van der Waals surface area contributed by atoms with Crippen molar-refractivity contribution < 1.29 is 5.11 Å². The van der Waals surface area contributed by atoms with Gasteiger partial charge in [0.05, 0.1) is 17.6 Å². The Hall–Kier alpha value is -2.14. The van der Waals surface area contributed by atoms with E-state index in [1.165, 1.54) is 5.69 Å². The molecule has 3 rings (SSSR count). The van der Waals surface area contributed by atoms with Crippen LogP contribution in [-0.4, -0.2) is 34.8 Å². The van der Waals surface area contributed by atoms with Gasteiger partial charge in [-0.1, -0.05) is 18.2 Å². The van der Waals surface area contributed by atoms with Crippen LogP contribution in [0.1, 0.15) is 25.0 Å². The second kappa shape index (κ2) is 7.22. The number of nitrogens with zero attached hydrogens (tertiary/aromatic N) is 3. The van der Waals surface area contributed by atoms with E-state index in [-0.39, 0.29) is 6.61 Å². The first kappa shape index (κ1) is 14.8. The highest BCUT2D eigenvalue weighted by Gasteiger charge is 2.22. The SMILES string of the molecule is OCCCCCNc1ncc2c(n1)CCN2c1ccccc1. The summed E-state index contributed by atoms with van der Waals surface area (Å²) in [7, 11) is 0. The number of aliphatic hydroxyl groups is 1. The van der Waals surface area contributed by atoms with Gasteiger partial charge in [0, 0.05) is 31.8 Å². The number of hydrogen-bond donors (Lipinski definition) is 2. The average Bonchev–Trinajstić information content (AvgIpc) is 2.99. The molecule has 0 saturated carbocycles. The summed E-state index contributed by atoms with van der Waals surface area (Å²) in [5, 5.41) is 12.0. The Balaban J connectivity index is 1.63. The van der Waals surface area contributed by atoms with Crippen molar-refractivity contribution in [3.05, 3.63) is 42.2 Å². The van der Waals surface area contributed by atoms with Gasteiger partial charge in [0.25, 0.3) is 0 Å². The highest BCUT2D eigenvalue weighted by molar-refractivity contribution is 5.68. The lowest BCUT2D eigenvalue weighted by Gasteiger charge is -2.18. The fourth-order valence-electron chi connectivity index (χ4n) is 2.73. The van der Waals surface area contributed by atoms with Crippen LogP contribution in [0.3, 0.4) is 0 Å². The molecule has 0 amide bonds. The number of para-hydroxylation sites is 1.